The van der Waals surface area contributed by atoms with E-state index in [1.807, 2.05) is 0 Å². The van der Waals surface area contributed by atoms with Crippen molar-refractivity contribution in [1.29, 1.82) is 0 Å². The van der Waals surface area contributed by atoms with Crippen LogP contribution in [0, 0.1) is 5.82 Å². The molecule has 1 nitrogen and oxygen atoms in total. The zero-order chi connectivity index (χ0) is 10.7. The van der Waals surface area contributed by atoms with Crippen LogP contribution in [0.2, 0.25) is 10.0 Å². The van der Waals surface area contributed by atoms with Gasteiger partial charge in [0, 0.05) is 11.0 Å². The third kappa shape index (κ3) is 3.15. The Bertz CT molecular complexity index is 345. The summed E-state index contributed by atoms with van der Waals surface area (Å²) in [6, 6.07) is 2.40. The normalized spacial score (nSPS) is 10.0. The van der Waals surface area contributed by atoms with E-state index in [1.165, 1.54) is 12.1 Å². The van der Waals surface area contributed by atoms with Crippen molar-refractivity contribution in [2.75, 3.05) is 11.9 Å². The van der Waals surface area contributed by atoms with E-state index in [0.717, 1.165) is 4.48 Å². The standard InChI is InChI=1S/C9H7BrCl2FN/c1-5(10)4-14-9-7(11)2-6(13)3-8(9)12/h2-3,14H,1,4H2. The molecule has 0 aliphatic carbocycles. The summed E-state index contributed by atoms with van der Waals surface area (Å²) in [5.41, 5.74) is 0.510. The number of rotatable bonds is 3. The van der Waals surface area contributed by atoms with E-state index >= 15 is 0 Å². The molecule has 0 saturated heterocycles. The van der Waals surface area contributed by atoms with Gasteiger partial charge in [-0.2, -0.15) is 0 Å². The second-order valence-corrected chi connectivity index (χ2v) is 4.55. The van der Waals surface area contributed by atoms with Crippen LogP contribution in [0.3, 0.4) is 0 Å². The van der Waals surface area contributed by atoms with Crippen molar-refractivity contribution < 1.29 is 4.39 Å². The van der Waals surface area contributed by atoms with E-state index in [-0.39, 0.29) is 10.0 Å². The number of benzene rings is 1. The highest BCUT2D eigenvalue weighted by atomic mass is 79.9. The van der Waals surface area contributed by atoms with Gasteiger partial charge in [-0.15, -0.1) is 0 Å². The van der Waals surface area contributed by atoms with Crippen LogP contribution in [0.15, 0.2) is 23.2 Å². The summed E-state index contributed by atoms with van der Waals surface area (Å²) in [5.74, 6) is -0.455. The minimum absolute atomic E-state index is 0.253. The summed E-state index contributed by atoms with van der Waals surface area (Å²) < 4.78 is 13.5. The average Bonchev–Trinajstić information content (AvgIpc) is 2.01. The highest BCUT2D eigenvalue weighted by Gasteiger charge is 2.07. The molecule has 0 aliphatic heterocycles. The van der Waals surface area contributed by atoms with Gasteiger partial charge in [0.15, 0.2) is 0 Å². The Kier molecular flexibility index (Phi) is 4.23. The smallest absolute Gasteiger partial charge is 0.126 e. The second-order valence-electron chi connectivity index (χ2n) is 2.62. The molecular formula is C9H7BrCl2FN. The lowest BCUT2D eigenvalue weighted by molar-refractivity contribution is 0.628. The fourth-order valence-electron chi connectivity index (χ4n) is 0.895. The molecule has 0 heterocycles. The van der Waals surface area contributed by atoms with Gasteiger partial charge in [0.25, 0.3) is 0 Å². The summed E-state index contributed by atoms with van der Waals surface area (Å²) in [6.45, 7) is 4.12. The minimum Gasteiger partial charge on any atom is -0.378 e. The number of anilines is 1. The molecule has 1 N–H and O–H groups in total. The fraction of sp³-hybridized carbons (Fsp3) is 0.111. The summed E-state index contributed by atoms with van der Waals surface area (Å²) in [6.07, 6.45) is 0. The largest absolute Gasteiger partial charge is 0.378 e. The van der Waals surface area contributed by atoms with Crippen molar-refractivity contribution >= 4 is 44.8 Å². The summed E-state index contributed by atoms with van der Waals surface area (Å²) in [4.78, 5) is 0. The van der Waals surface area contributed by atoms with Crippen molar-refractivity contribution in [3.8, 4) is 0 Å². The van der Waals surface area contributed by atoms with Crippen LogP contribution in [-0.2, 0) is 0 Å². The van der Waals surface area contributed by atoms with Crippen LogP contribution < -0.4 is 5.32 Å². The Morgan fingerprint density at radius 3 is 2.36 bits per heavy atom. The molecule has 0 radical (unpaired) electrons. The van der Waals surface area contributed by atoms with E-state index in [1.54, 1.807) is 0 Å². The van der Waals surface area contributed by atoms with E-state index < -0.39 is 5.82 Å². The van der Waals surface area contributed by atoms with Crippen LogP contribution in [0.1, 0.15) is 0 Å². The molecule has 0 bridgehead atoms. The van der Waals surface area contributed by atoms with Gasteiger partial charge in [-0.05, 0) is 12.1 Å². The van der Waals surface area contributed by atoms with Crippen molar-refractivity contribution in [2.45, 2.75) is 0 Å². The van der Waals surface area contributed by atoms with Crippen LogP contribution >= 0.6 is 39.1 Å². The highest BCUT2D eigenvalue weighted by molar-refractivity contribution is 9.11. The van der Waals surface area contributed by atoms with Crippen molar-refractivity contribution in [2.24, 2.45) is 0 Å². The number of hydrogen-bond donors (Lipinski definition) is 1. The molecule has 0 saturated carbocycles. The SMILES string of the molecule is C=C(Br)CNc1c(Cl)cc(F)cc1Cl. The number of halogens is 4. The first-order valence-electron chi connectivity index (χ1n) is 3.72. The molecule has 0 spiro atoms. The first-order valence-corrected chi connectivity index (χ1v) is 5.27. The van der Waals surface area contributed by atoms with Gasteiger partial charge in [0.2, 0.25) is 0 Å². The first kappa shape index (κ1) is 11.8. The van der Waals surface area contributed by atoms with Gasteiger partial charge in [0.05, 0.1) is 15.7 Å². The zero-order valence-corrected chi connectivity index (χ0v) is 10.2. The Labute approximate surface area is 100 Å². The Balaban J connectivity index is 2.91. The molecule has 14 heavy (non-hydrogen) atoms. The maximum atomic E-state index is 12.8. The topological polar surface area (TPSA) is 12.0 Å². The van der Waals surface area contributed by atoms with Gasteiger partial charge in [0.1, 0.15) is 5.82 Å². The molecule has 0 fully saturated rings. The minimum atomic E-state index is -0.455. The second kappa shape index (κ2) is 5.01. The highest BCUT2D eigenvalue weighted by Crippen LogP contribution is 2.31. The van der Waals surface area contributed by atoms with Crippen molar-refractivity contribution in [1.82, 2.24) is 0 Å². The Hall–Kier alpha value is -0.250. The molecule has 1 rings (SSSR count). The summed E-state index contributed by atoms with van der Waals surface area (Å²) >= 11 is 14.8. The average molecular weight is 299 g/mol. The van der Waals surface area contributed by atoms with E-state index in [9.17, 15) is 4.39 Å². The molecule has 0 aromatic heterocycles. The quantitative estimate of drug-likeness (QED) is 0.869. The Morgan fingerprint density at radius 1 is 1.43 bits per heavy atom. The zero-order valence-electron chi connectivity index (χ0n) is 7.08. The molecule has 0 amide bonds. The van der Waals surface area contributed by atoms with Gasteiger partial charge >= 0.3 is 0 Å². The van der Waals surface area contributed by atoms with E-state index in [0.29, 0.717) is 12.2 Å². The van der Waals surface area contributed by atoms with E-state index in [2.05, 4.69) is 27.8 Å². The van der Waals surface area contributed by atoms with Crippen molar-refractivity contribution in [3.63, 3.8) is 0 Å². The molecule has 1 aromatic rings. The maximum Gasteiger partial charge on any atom is 0.126 e. The summed E-state index contributed by atoms with van der Waals surface area (Å²) in [7, 11) is 0. The Morgan fingerprint density at radius 2 is 1.93 bits per heavy atom. The van der Waals surface area contributed by atoms with Gasteiger partial charge in [-0.3, -0.25) is 0 Å². The molecule has 1 aromatic carbocycles. The molecule has 0 aliphatic rings. The lowest BCUT2D eigenvalue weighted by Crippen LogP contribution is -2.02. The van der Waals surface area contributed by atoms with Crippen LogP contribution in [-0.4, -0.2) is 6.54 Å². The first-order chi connectivity index (χ1) is 6.50. The lowest BCUT2D eigenvalue weighted by Gasteiger charge is -2.09. The van der Waals surface area contributed by atoms with Gasteiger partial charge < -0.3 is 5.32 Å². The van der Waals surface area contributed by atoms with E-state index in [4.69, 9.17) is 23.2 Å². The molecule has 76 valence electrons. The number of hydrogen-bond acceptors (Lipinski definition) is 1. The molecule has 0 unspecified atom stereocenters. The van der Waals surface area contributed by atoms with Crippen LogP contribution in [0.5, 0.6) is 0 Å². The predicted octanol–water partition coefficient (Wildman–Crippen LogP) is 4.45. The van der Waals surface area contributed by atoms with Crippen molar-refractivity contribution in [3.05, 3.63) is 39.1 Å². The lowest BCUT2D eigenvalue weighted by atomic mass is 10.3. The molecular weight excluding hydrogens is 292 g/mol. The summed E-state index contributed by atoms with van der Waals surface area (Å²) in [5, 5.41) is 3.44. The van der Waals surface area contributed by atoms with Gasteiger partial charge in [-0.1, -0.05) is 45.7 Å². The van der Waals surface area contributed by atoms with Crippen LogP contribution in [0.4, 0.5) is 10.1 Å². The van der Waals surface area contributed by atoms with Crippen LogP contribution in [0.25, 0.3) is 0 Å². The predicted molar refractivity (Wildman–Crippen MR) is 63.0 cm³/mol. The molecule has 0 atom stereocenters. The monoisotopic (exact) mass is 297 g/mol. The number of nitrogens with one attached hydrogen (secondary N) is 1. The van der Waals surface area contributed by atoms with Gasteiger partial charge in [-0.25, -0.2) is 4.39 Å². The maximum absolute atomic E-state index is 12.8. The molecule has 5 heteroatoms. The third-order valence-corrected chi connectivity index (χ3v) is 2.34. The fourth-order valence-corrected chi connectivity index (χ4v) is 1.63. The third-order valence-electron chi connectivity index (χ3n) is 1.46.